The van der Waals surface area contributed by atoms with Gasteiger partial charge in [0.25, 0.3) is 0 Å². The summed E-state index contributed by atoms with van der Waals surface area (Å²) in [5, 5.41) is 0. The van der Waals surface area contributed by atoms with Crippen LogP contribution in [0.25, 0.3) is 0 Å². The van der Waals surface area contributed by atoms with Crippen LogP contribution in [0.5, 0.6) is 0 Å². The van der Waals surface area contributed by atoms with Crippen molar-refractivity contribution in [2.24, 2.45) is 17.4 Å². The molecule has 2 unspecified atom stereocenters. The van der Waals surface area contributed by atoms with Gasteiger partial charge >= 0.3 is 0 Å². The number of nitrogens with two attached hydrogens (primary N) is 2. The van der Waals surface area contributed by atoms with Crippen LogP contribution in [-0.4, -0.2) is 29.3 Å². The summed E-state index contributed by atoms with van der Waals surface area (Å²) < 4.78 is 0. The highest BCUT2D eigenvalue weighted by Gasteiger charge is 2.24. The van der Waals surface area contributed by atoms with E-state index < -0.39 is 5.91 Å². The zero-order valence-electron chi connectivity index (χ0n) is 11.4. The maximum absolute atomic E-state index is 12.3. The molecule has 0 aliphatic rings. The summed E-state index contributed by atoms with van der Waals surface area (Å²) in [5.41, 5.74) is 11.9. The van der Waals surface area contributed by atoms with Gasteiger partial charge in [-0.05, 0) is 12.5 Å². The Morgan fingerprint density at radius 3 is 2.26 bits per heavy atom. The third kappa shape index (κ3) is 4.71. The largest absolute Gasteiger partial charge is 0.368 e. The Bertz CT molecular complexity index is 432. The monoisotopic (exact) mass is 263 g/mol. The molecule has 1 aromatic rings. The third-order valence-corrected chi connectivity index (χ3v) is 3.05. The molecule has 0 aliphatic carbocycles. The zero-order chi connectivity index (χ0) is 14.4. The summed E-state index contributed by atoms with van der Waals surface area (Å²) >= 11 is 0. The average Bonchev–Trinajstić information content (AvgIpc) is 2.36. The van der Waals surface area contributed by atoms with Crippen LogP contribution in [-0.2, 0) is 16.1 Å². The molecule has 0 heterocycles. The smallest absolute Gasteiger partial charge is 0.237 e. The van der Waals surface area contributed by atoms with E-state index in [1.807, 2.05) is 30.3 Å². The molecule has 1 rings (SSSR count). The number of nitrogens with zero attached hydrogens (tertiary/aromatic N) is 1. The van der Waals surface area contributed by atoms with Gasteiger partial charge in [0, 0.05) is 12.6 Å². The predicted molar refractivity (Wildman–Crippen MR) is 73.9 cm³/mol. The van der Waals surface area contributed by atoms with Crippen LogP contribution in [0, 0.1) is 5.92 Å². The highest BCUT2D eigenvalue weighted by molar-refractivity contribution is 5.85. The van der Waals surface area contributed by atoms with Crippen LogP contribution in [0.15, 0.2) is 30.3 Å². The van der Waals surface area contributed by atoms with Gasteiger partial charge in [0.15, 0.2) is 0 Å². The molecule has 0 saturated heterocycles. The molecule has 19 heavy (non-hydrogen) atoms. The lowest BCUT2D eigenvalue weighted by molar-refractivity contribution is -0.139. The highest BCUT2D eigenvalue weighted by Crippen LogP contribution is 2.10. The minimum Gasteiger partial charge on any atom is -0.368 e. The molecule has 0 bridgehead atoms. The Hall–Kier alpha value is -1.88. The summed E-state index contributed by atoms with van der Waals surface area (Å²) in [6.07, 6.45) is 0. The van der Waals surface area contributed by atoms with Crippen LogP contribution >= 0.6 is 0 Å². The van der Waals surface area contributed by atoms with Crippen molar-refractivity contribution in [1.29, 1.82) is 0 Å². The quantitative estimate of drug-likeness (QED) is 0.782. The topological polar surface area (TPSA) is 89.4 Å². The fourth-order valence-corrected chi connectivity index (χ4v) is 1.72. The molecule has 2 atom stereocenters. The average molecular weight is 263 g/mol. The summed E-state index contributed by atoms with van der Waals surface area (Å²) in [6, 6.07) is 9.21. The van der Waals surface area contributed by atoms with Gasteiger partial charge in [0.1, 0.15) is 0 Å². The first-order valence-electron chi connectivity index (χ1n) is 6.28. The van der Waals surface area contributed by atoms with Crippen molar-refractivity contribution in [3.8, 4) is 0 Å². The molecule has 2 amide bonds. The zero-order valence-corrected chi connectivity index (χ0v) is 11.4. The number of primary amides is 1. The molecule has 5 nitrogen and oxygen atoms in total. The molecule has 0 aromatic heterocycles. The molecule has 0 aliphatic heterocycles. The first-order chi connectivity index (χ1) is 8.91. The lowest BCUT2D eigenvalue weighted by atomic mass is 10.0. The molecule has 0 spiro atoms. The lowest BCUT2D eigenvalue weighted by Gasteiger charge is -2.26. The van der Waals surface area contributed by atoms with Gasteiger partial charge in [-0.2, -0.15) is 0 Å². The van der Waals surface area contributed by atoms with E-state index >= 15 is 0 Å². The molecule has 0 radical (unpaired) electrons. The maximum Gasteiger partial charge on any atom is 0.237 e. The second-order valence-electron chi connectivity index (χ2n) is 4.79. The predicted octanol–water partition coefficient (Wildman–Crippen LogP) is 0.484. The van der Waals surface area contributed by atoms with Crippen LogP contribution in [0.3, 0.4) is 0 Å². The summed E-state index contributed by atoms with van der Waals surface area (Å²) in [4.78, 5) is 24.8. The Kier molecular flexibility index (Phi) is 5.51. The minimum absolute atomic E-state index is 0.0925. The van der Waals surface area contributed by atoms with Gasteiger partial charge in [-0.1, -0.05) is 37.3 Å². The lowest BCUT2D eigenvalue weighted by Crippen LogP contribution is -2.44. The third-order valence-electron chi connectivity index (χ3n) is 3.05. The fraction of sp³-hybridized carbons (Fsp3) is 0.429. The molecular weight excluding hydrogens is 242 g/mol. The SMILES string of the molecule is CC(N)C(C)C(=O)N(CC(N)=O)Cc1ccccc1. The van der Waals surface area contributed by atoms with E-state index in [9.17, 15) is 9.59 Å². The van der Waals surface area contributed by atoms with E-state index in [1.54, 1.807) is 13.8 Å². The van der Waals surface area contributed by atoms with Gasteiger partial charge in [-0.25, -0.2) is 0 Å². The fourth-order valence-electron chi connectivity index (χ4n) is 1.72. The van der Waals surface area contributed by atoms with Crippen LogP contribution in [0.2, 0.25) is 0 Å². The second-order valence-corrected chi connectivity index (χ2v) is 4.79. The normalized spacial score (nSPS) is 13.6. The van der Waals surface area contributed by atoms with E-state index in [0.717, 1.165) is 5.56 Å². The van der Waals surface area contributed by atoms with Crippen LogP contribution < -0.4 is 11.5 Å². The van der Waals surface area contributed by atoms with Gasteiger partial charge < -0.3 is 16.4 Å². The van der Waals surface area contributed by atoms with Crippen molar-refractivity contribution in [3.05, 3.63) is 35.9 Å². The standard InChI is InChI=1S/C14H21N3O2/c1-10(11(2)15)14(19)17(9-13(16)18)8-12-6-4-3-5-7-12/h3-7,10-11H,8-9,15H2,1-2H3,(H2,16,18). The summed E-state index contributed by atoms with van der Waals surface area (Å²) in [6.45, 7) is 3.80. The number of benzene rings is 1. The van der Waals surface area contributed by atoms with Crippen molar-refractivity contribution in [2.75, 3.05) is 6.54 Å². The van der Waals surface area contributed by atoms with Crippen molar-refractivity contribution in [2.45, 2.75) is 26.4 Å². The van der Waals surface area contributed by atoms with E-state index in [4.69, 9.17) is 11.5 Å². The number of rotatable bonds is 6. The van der Waals surface area contributed by atoms with Gasteiger partial charge in [0.2, 0.25) is 11.8 Å². The van der Waals surface area contributed by atoms with Crippen molar-refractivity contribution < 1.29 is 9.59 Å². The molecule has 0 fully saturated rings. The number of carbonyl (C=O) groups excluding carboxylic acids is 2. The van der Waals surface area contributed by atoms with Crippen molar-refractivity contribution in [1.82, 2.24) is 4.90 Å². The van der Waals surface area contributed by atoms with Gasteiger partial charge in [-0.3, -0.25) is 9.59 Å². The van der Waals surface area contributed by atoms with E-state index in [1.165, 1.54) is 4.90 Å². The van der Waals surface area contributed by atoms with Gasteiger partial charge in [-0.15, -0.1) is 0 Å². The summed E-state index contributed by atoms with van der Waals surface area (Å²) in [5.74, 6) is -1.03. The van der Waals surface area contributed by atoms with E-state index in [2.05, 4.69) is 0 Å². The number of hydrogen-bond acceptors (Lipinski definition) is 3. The van der Waals surface area contributed by atoms with E-state index in [0.29, 0.717) is 6.54 Å². The Morgan fingerprint density at radius 1 is 1.21 bits per heavy atom. The first-order valence-corrected chi connectivity index (χ1v) is 6.28. The maximum atomic E-state index is 12.3. The van der Waals surface area contributed by atoms with Gasteiger partial charge in [0.05, 0.1) is 12.5 Å². The molecule has 104 valence electrons. The van der Waals surface area contributed by atoms with Crippen LogP contribution in [0.1, 0.15) is 19.4 Å². The number of amides is 2. The minimum atomic E-state index is -0.527. The second kappa shape index (κ2) is 6.89. The molecule has 4 N–H and O–H groups in total. The molecular formula is C14H21N3O2. The first kappa shape index (κ1) is 15.2. The van der Waals surface area contributed by atoms with Crippen molar-refractivity contribution in [3.63, 3.8) is 0 Å². The number of carbonyl (C=O) groups is 2. The van der Waals surface area contributed by atoms with Crippen LogP contribution in [0.4, 0.5) is 0 Å². The molecule has 5 heteroatoms. The van der Waals surface area contributed by atoms with Crippen molar-refractivity contribution >= 4 is 11.8 Å². The van der Waals surface area contributed by atoms with E-state index in [-0.39, 0.29) is 24.4 Å². The Balaban J connectivity index is 2.83. The molecule has 1 aromatic carbocycles. The number of hydrogen-bond donors (Lipinski definition) is 2. The molecule has 0 saturated carbocycles. The highest BCUT2D eigenvalue weighted by atomic mass is 16.2. The Morgan fingerprint density at radius 2 is 1.79 bits per heavy atom. The summed E-state index contributed by atoms with van der Waals surface area (Å²) in [7, 11) is 0. The Labute approximate surface area is 113 Å².